The van der Waals surface area contributed by atoms with Crippen molar-refractivity contribution in [3.63, 3.8) is 0 Å². The summed E-state index contributed by atoms with van der Waals surface area (Å²) in [7, 11) is 0. The quantitative estimate of drug-likeness (QED) is 0.326. The molecule has 38 heavy (non-hydrogen) atoms. The van der Waals surface area contributed by atoms with E-state index in [0.717, 1.165) is 24.3 Å². The van der Waals surface area contributed by atoms with Crippen LogP contribution in [0.3, 0.4) is 0 Å². The number of benzene rings is 2. The Morgan fingerprint density at radius 3 is 2.24 bits per heavy atom. The number of hydrogen-bond acceptors (Lipinski definition) is 5. The van der Waals surface area contributed by atoms with E-state index in [1.165, 1.54) is 41.0 Å². The minimum atomic E-state index is -4.88. The van der Waals surface area contributed by atoms with Crippen LogP contribution in [0.15, 0.2) is 65.5 Å². The van der Waals surface area contributed by atoms with E-state index < -0.39 is 34.2 Å². The average Bonchev–Trinajstić information content (AvgIpc) is 2.82. The number of morpholine rings is 1. The summed E-state index contributed by atoms with van der Waals surface area (Å²) in [6, 6.07) is 12.3. The molecule has 0 saturated carbocycles. The fraction of sp³-hybridized carbons (Fsp3) is 0.259. The van der Waals surface area contributed by atoms with Crippen LogP contribution in [0.1, 0.15) is 19.4 Å². The van der Waals surface area contributed by atoms with Crippen molar-refractivity contribution in [2.45, 2.75) is 32.2 Å². The molecule has 1 saturated heterocycles. The summed E-state index contributed by atoms with van der Waals surface area (Å²) in [6.45, 7) is 4.17. The minimum Gasteiger partial charge on any atom is -0.372 e. The zero-order valence-corrected chi connectivity index (χ0v) is 20.4. The molecule has 2 unspecified atom stereocenters. The van der Waals surface area contributed by atoms with Gasteiger partial charge in [0.15, 0.2) is 11.1 Å². The topological polar surface area (TPSA) is 59.4 Å². The van der Waals surface area contributed by atoms with Crippen molar-refractivity contribution in [1.29, 1.82) is 0 Å². The normalized spacial score (nSPS) is 18.1. The predicted octanol–water partition coefficient (Wildman–Crippen LogP) is 6.04. The van der Waals surface area contributed by atoms with E-state index >= 15 is 0 Å². The lowest BCUT2D eigenvalue weighted by Gasteiger charge is -2.36. The van der Waals surface area contributed by atoms with Gasteiger partial charge in [0.2, 0.25) is 0 Å². The molecular weight excluding hydrogens is 507 g/mol. The van der Waals surface area contributed by atoms with Gasteiger partial charge >= 0.3 is 6.18 Å². The summed E-state index contributed by atoms with van der Waals surface area (Å²) >= 11 is 0. The van der Waals surface area contributed by atoms with E-state index in [-0.39, 0.29) is 54.0 Å². The second-order valence-corrected chi connectivity index (χ2v) is 9.23. The van der Waals surface area contributed by atoms with Crippen LogP contribution < -0.4 is 15.6 Å². The van der Waals surface area contributed by atoms with Crippen LogP contribution in [0, 0.1) is 11.6 Å². The second kappa shape index (κ2) is 9.71. The second-order valence-electron chi connectivity index (χ2n) is 9.23. The molecule has 5 rings (SSSR count). The van der Waals surface area contributed by atoms with Crippen LogP contribution in [0.4, 0.5) is 39.3 Å². The molecule has 6 nitrogen and oxygen atoms in total. The molecule has 0 amide bonds. The largest absolute Gasteiger partial charge is 0.417 e. The van der Waals surface area contributed by atoms with E-state index in [2.05, 4.69) is 10.3 Å². The van der Waals surface area contributed by atoms with Gasteiger partial charge in [-0.3, -0.25) is 9.36 Å². The summed E-state index contributed by atoms with van der Waals surface area (Å²) in [5, 5.41) is 2.22. The maximum atomic E-state index is 14.4. The Kier molecular flexibility index (Phi) is 6.56. The average molecular weight is 530 g/mol. The highest BCUT2D eigenvalue weighted by Crippen LogP contribution is 2.37. The molecule has 198 valence electrons. The smallest absolute Gasteiger partial charge is 0.372 e. The summed E-state index contributed by atoms with van der Waals surface area (Å²) in [4.78, 5) is 19.4. The van der Waals surface area contributed by atoms with Gasteiger partial charge in [-0.2, -0.15) is 13.2 Å². The number of pyridine rings is 2. The maximum absolute atomic E-state index is 14.4. The molecule has 0 spiro atoms. The van der Waals surface area contributed by atoms with Crippen molar-refractivity contribution in [1.82, 2.24) is 9.55 Å². The fourth-order valence-corrected chi connectivity index (χ4v) is 4.73. The molecule has 0 bridgehead atoms. The first-order valence-electron chi connectivity index (χ1n) is 11.9. The number of ether oxygens (including phenoxy) is 1. The van der Waals surface area contributed by atoms with Crippen LogP contribution in [-0.4, -0.2) is 34.8 Å². The number of hydrogen-bond donors (Lipinski definition) is 1. The molecular formula is C27H23F5N4O2. The third-order valence-electron chi connectivity index (χ3n) is 6.17. The van der Waals surface area contributed by atoms with Gasteiger partial charge < -0.3 is 15.0 Å². The number of nitrogens with zero attached hydrogens (tertiary/aromatic N) is 3. The Morgan fingerprint density at radius 2 is 1.61 bits per heavy atom. The van der Waals surface area contributed by atoms with Gasteiger partial charge in [-0.25, -0.2) is 13.8 Å². The molecule has 1 aliphatic heterocycles. The van der Waals surface area contributed by atoms with Crippen molar-refractivity contribution < 1.29 is 26.7 Å². The van der Waals surface area contributed by atoms with Crippen molar-refractivity contribution in [3.8, 4) is 5.69 Å². The monoisotopic (exact) mass is 530 g/mol. The maximum Gasteiger partial charge on any atom is 0.417 e. The third kappa shape index (κ3) is 5.06. The van der Waals surface area contributed by atoms with Crippen molar-refractivity contribution in [2.75, 3.05) is 23.3 Å². The Bertz CT molecular complexity index is 1560. The Balaban J connectivity index is 1.84. The van der Waals surface area contributed by atoms with Crippen LogP contribution >= 0.6 is 0 Å². The number of aromatic nitrogens is 2. The Hall–Kier alpha value is -3.99. The number of alkyl halides is 3. The standard InChI is InChI=1S/C27H23F5N4O2/c1-15-13-35(14-16(2)38-15)23-11-21(27(30,31)32)25-22(37)12-24(33-19-7-3-5-17(28)9-19)36(26(25)34-23)20-8-4-6-18(29)10-20/h3-12,15-16,33H,13-14H2,1-2H3. The van der Waals surface area contributed by atoms with Gasteiger partial charge in [0.25, 0.3) is 0 Å². The highest BCUT2D eigenvalue weighted by Gasteiger charge is 2.37. The summed E-state index contributed by atoms with van der Waals surface area (Å²) in [6.07, 6.45) is -5.41. The lowest BCUT2D eigenvalue weighted by atomic mass is 10.1. The zero-order valence-electron chi connectivity index (χ0n) is 20.4. The van der Waals surface area contributed by atoms with Crippen LogP contribution in [0.5, 0.6) is 0 Å². The number of nitrogens with one attached hydrogen (secondary N) is 1. The third-order valence-corrected chi connectivity index (χ3v) is 6.17. The number of rotatable bonds is 4. The lowest BCUT2D eigenvalue weighted by Crippen LogP contribution is -2.46. The van der Waals surface area contributed by atoms with Gasteiger partial charge in [0.1, 0.15) is 23.3 Å². The van der Waals surface area contributed by atoms with Crippen molar-refractivity contribution in [3.05, 3.63) is 88.1 Å². The van der Waals surface area contributed by atoms with Gasteiger partial charge in [-0.15, -0.1) is 0 Å². The van der Waals surface area contributed by atoms with E-state index in [0.29, 0.717) is 0 Å². The predicted molar refractivity (Wildman–Crippen MR) is 134 cm³/mol. The van der Waals surface area contributed by atoms with Crippen molar-refractivity contribution >= 4 is 28.4 Å². The number of halogens is 5. The highest BCUT2D eigenvalue weighted by molar-refractivity contribution is 5.86. The molecule has 11 heteroatoms. The first-order valence-corrected chi connectivity index (χ1v) is 11.9. The zero-order chi connectivity index (χ0) is 27.2. The van der Waals surface area contributed by atoms with E-state index in [9.17, 15) is 26.7 Å². The van der Waals surface area contributed by atoms with Crippen molar-refractivity contribution in [2.24, 2.45) is 0 Å². The highest BCUT2D eigenvalue weighted by atomic mass is 19.4. The summed E-state index contributed by atoms with van der Waals surface area (Å²) in [5.74, 6) is -1.22. The first kappa shape index (κ1) is 25.7. The minimum absolute atomic E-state index is 0.000663. The number of anilines is 3. The molecule has 4 aromatic rings. The van der Waals surface area contributed by atoms with Gasteiger partial charge in [-0.1, -0.05) is 12.1 Å². The molecule has 1 fully saturated rings. The molecule has 2 atom stereocenters. The Morgan fingerprint density at radius 1 is 0.947 bits per heavy atom. The van der Waals surface area contributed by atoms with Crippen LogP contribution in [0.2, 0.25) is 0 Å². The van der Waals surface area contributed by atoms with Crippen LogP contribution in [0.25, 0.3) is 16.7 Å². The molecule has 2 aromatic carbocycles. The summed E-state index contributed by atoms with van der Waals surface area (Å²) < 4.78 is 78.2. The molecule has 1 N–H and O–H groups in total. The molecule has 1 aliphatic rings. The fourth-order valence-electron chi connectivity index (χ4n) is 4.73. The first-order chi connectivity index (χ1) is 18.0. The van der Waals surface area contributed by atoms with E-state index in [1.54, 1.807) is 18.7 Å². The van der Waals surface area contributed by atoms with E-state index in [4.69, 9.17) is 4.74 Å². The van der Waals surface area contributed by atoms with Gasteiger partial charge in [0.05, 0.1) is 28.8 Å². The van der Waals surface area contributed by atoms with Crippen LogP contribution in [-0.2, 0) is 10.9 Å². The molecule has 3 heterocycles. The summed E-state index contributed by atoms with van der Waals surface area (Å²) in [5.41, 5.74) is -2.07. The molecule has 0 aliphatic carbocycles. The molecule has 0 radical (unpaired) electrons. The Labute approximate surface area is 214 Å². The number of fused-ring (bicyclic) bond motifs is 1. The van der Waals surface area contributed by atoms with Gasteiger partial charge in [-0.05, 0) is 56.3 Å². The van der Waals surface area contributed by atoms with E-state index in [1.807, 2.05) is 0 Å². The SMILES string of the molecule is CC1CN(c2cc(C(F)(F)F)c3c(=O)cc(Nc4cccc(F)c4)n(-c4cccc(F)c4)c3n2)CC(C)O1. The lowest BCUT2D eigenvalue weighted by molar-refractivity contribution is -0.136. The van der Waals surface area contributed by atoms with Gasteiger partial charge in [0, 0.05) is 24.8 Å². The molecule has 2 aromatic heterocycles.